The third kappa shape index (κ3) is 4.51. The zero-order chi connectivity index (χ0) is 26.1. The molecule has 0 radical (unpaired) electrons. The summed E-state index contributed by atoms with van der Waals surface area (Å²) in [6.45, 7) is 9.78. The number of aryl methyl sites for hydroxylation is 2. The molecule has 0 atom stereocenters. The number of methoxy groups -OCH3 is 1. The minimum Gasteiger partial charge on any atom is -0.495 e. The van der Waals surface area contributed by atoms with Crippen LogP contribution in [0, 0.1) is 20.8 Å². The molecule has 7 heteroatoms. The quantitative estimate of drug-likeness (QED) is 0.262. The number of allylic oxidation sites excluding steroid dienone is 1. The molecule has 1 aliphatic rings. The lowest BCUT2D eigenvalue weighted by atomic mass is 10.0. The Hall–Kier alpha value is -3.58. The van der Waals surface area contributed by atoms with E-state index in [4.69, 9.17) is 9.47 Å². The Morgan fingerprint density at radius 3 is 2.36 bits per heavy atom. The molecule has 1 aliphatic heterocycles. The van der Waals surface area contributed by atoms with Crippen molar-refractivity contribution in [1.29, 1.82) is 0 Å². The summed E-state index contributed by atoms with van der Waals surface area (Å²) < 4.78 is 14.0. The summed E-state index contributed by atoms with van der Waals surface area (Å²) >= 11 is 3.43. The number of amides is 1. The number of halogens is 1. The summed E-state index contributed by atoms with van der Waals surface area (Å²) in [6, 6.07) is 15.4. The Kier molecular flexibility index (Phi) is 7.22. The largest absolute Gasteiger partial charge is 0.495 e. The van der Waals surface area contributed by atoms with Crippen LogP contribution in [0.3, 0.4) is 0 Å². The first-order valence-electron chi connectivity index (χ1n) is 11.7. The van der Waals surface area contributed by atoms with Crippen LogP contribution in [0.1, 0.15) is 36.4 Å². The third-order valence-electron chi connectivity index (χ3n) is 6.31. The van der Waals surface area contributed by atoms with Crippen LogP contribution in [-0.4, -0.2) is 30.2 Å². The van der Waals surface area contributed by atoms with Gasteiger partial charge in [0.1, 0.15) is 5.75 Å². The maximum Gasteiger partial charge on any atom is 0.340 e. The number of hydrogen-bond acceptors (Lipinski definition) is 4. The van der Waals surface area contributed by atoms with E-state index in [-0.39, 0.29) is 18.1 Å². The van der Waals surface area contributed by atoms with E-state index in [0.29, 0.717) is 17.0 Å². The summed E-state index contributed by atoms with van der Waals surface area (Å²) in [5.74, 6) is -0.0258. The monoisotopic (exact) mass is 548 g/mol. The Morgan fingerprint density at radius 2 is 1.72 bits per heavy atom. The van der Waals surface area contributed by atoms with E-state index in [1.54, 1.807) is 31.9 Å². The summed E-state index contributed by atoms with van der Waals surface area (Å²) in [5.41, 5.74) is 6.60. The van der Waals surface area contributed by atoms with Gasteiger partial charge in [-0.1, -0.05) is 22.0 Å². The van der Waals surface area contributed by atoms with Crippen molar-refractivity contribution in [1.82, 2.24) is 4.57 Å². The van der Waals surface area contributed by atoms with Crippen LogP contribution in [0.4, 0.5) is 5.69 Å². The van der Waals surface area contributed by atoms with Gasteiger partial charge in [0.15, 0.2) is 0 Å². The number of ether oxygens (including phenoxy) is 2. The van der Waals surface area contributed by atoms with Gasteiger partial charge in [-0.15, -0.1) is 0 Å². The topological polar surface area (TPSA) is 60.8 Å². The van der Waals surface area contributed by atoms with E-state index in [1.165, 1.54) is 0 Å². The molecule has 0 saturated carbocycles. The highest BCUT2D eigenvalue weighted by molar-refractivity contribution is 9.10. The first kappa shape index (κ1) is 25.5. The van der Waals surface area contributed by atoms with Crippen molar-refractivity contribution in [2.45, 2.75) is 34.6 Å². The van der Waals surface area contributed by atoms with Crippen molar-refractivity contribution >= 4 is 39.6 Å². The Labute approximate surface area is 220 Å². The molecule has 0 bridgehead atoms. The SMILES string of the molecule is CCOC(=O)C1=C(C)N(c2ccc(Br)cc2)C(=O)/C1=C\c1cc(C)n(-c2cc(C)ccc2OC)c1C. The highest BCUT2D eigenvalue weighted by atomic mass is 79.9. The molecule has 3 aromatic rings. The van der Waals surface area contributed by atoms with Gasteiger partial charge in [0, 0.05) is 27.2 Å². The maximum absolute atomic E-state index is 13.7. The van der Waals surface area contributed by atoms with Gasteiger partial charge in [-0.2, -0.15) is 0 Å². The van der Waals surface area contributed by atoms with Crippen molar-refractivity contribution in [3.05, 3.63) is 92.4 Å². The Bertz CT molecular complexity index is 1410. The Balaban J connectivity index is 1.87. The normalized spacial score (nSPS) is 14.7. The summed E-state index contributed by atoms with van der Waals surface area (Å²) in [5, 5.41) is 0. The second-order valence-electron chi connectivity index (χ2n) is 8.69. The molecule has 186 valence electrons. The third-order valence-corrected chi connectivity index (χ3v) is 6.84. The van der Waals surface area contributed by atoms with Crippen LogP contribution in [0.5, 0.6) is 5.75 Å². The van der Waals surface area contributed by atoms with Gasteiger partial charge >= 0.3 is 5.97 Å². The number of aromatic nitrogens is 1. The number of carbonyl (C=O) groups excluding carboxylic acids is 2. The van der Waals surface area contributed by atoms with Crippen LogP contribution in [0.15, 0.2) is 69.8 Å². The fourth-order valence-electron chi connectivity index (χ4n) is 4.62. The molecule has 0 spiro atoms. The van der Waals surface area contributed by atoms with E-state index in [0.717, 1.165) is 38.4 Å². The molecule has 36 heavy (non-hydrogen) atoms. The van der Waals surface area contributed by atoms with E-state index in [1.807, 2.05) is 63.2 Å². The highest BCUT2D eigenvalue weighted by Crippen LogP contribution is 2.37. The Morgan fingerprint density at radius 1 is 1.03 bits per heavy atom. The first-order valence-corrected chi connectivity index (χ1v) is 12.5. The number of rotatable bonds is 6. The lowest BCUT2D eigenvalue weighted by Gasteiger charge is -2.18. The van der Waals surface area contributed by atoms with Crippen molar-refractivity contribution in [2.75, 3.05) is 18.6 Å². The standard InChI is InChI=1S/C29H29BrN2O4/c1-7-36-29(34)27-20(5)32(23-11-9-22(30)10-12-23)28(33)24(27)16-21-15-18(3)31(19(21)4)25-14-17(2)8-13-26(25)35-6/h8-16H,7H2,1-6H3/b24-16-. The molecule has 1 aromatic heterocycles. The summed E-state index contributed by atoms with van der Waals surface area (Å²) in [7, 11) is 1.65. The van der Waals surface area contributed by atoms with E-state index in [2.05, 4.69) is 26.6 Å². The van der Waals surface area contributed by atoms with Crippen LogP contribution in [0.25, 0.3) is 11.8 Å². The lowest BCUT2D eigenvalue weighted by Crippen LogP contribution is -2.24. The highest BCUT2D eigenvalue weighted by Gasteiger charge is 2.38. The predicted molar refractivity (Wildman–Crippen MR) is 145 cm³/mol. The van der Waals surface area contributed by atoms with E-state index < -0.39 is 5.97 Å². The average molecular weight is 549 g/mol. The number of hydrogen-bond donors (Lipinski definition) is 0. The van der Waals surface area contributed by atoms with Gasteiger partial charge in [0.2, 0.25) is 0 Å². The summed E-state index contributed by atoms with van der Waals surface area (Å²) in [6.07, 6.45) is 1.79. The second kappa shape index (κ2) is 10.2. The van der Waals surface area contributed by atoms with Crippen molar-refractivity contribution in [3.63, 3.8) is 0 Å². The molecule has 6 nitrogen and oxygen atoms in total. The van der Waals surface area contributed by atoms with Gasteiger partial charge in [-0.25, -0.2) is 4.79 Å². The van der Waals surface area contributed by atoms with E-state index >= 15 is 0 Å². The van der Waals surface area contributed by atoms with Crippen molar-refractivity contribution in [3.8, 4) is 11.4 Å². The molecule has 2 heterocycles. The number of nitrogens with zero attached hydrogens (tertiary/aromatic N) is 2. The minimum atomic E-state index is -0.511. The first-order chi connectivity index (χ1) is 17.2. The van der Waals surface area contributed by atoms with E-state index in [9.17, 15) is 9.59 Å². The van der Waals surface area contributed by atoms with Crippen LogP contribution >= 0.6 is 15.9 Å². The predicted octanol–water partition coefficient (Wildman–Crippen LogP) is 6.44. The molecule has 4 rings (SSSR count). The maximum atomic E-state index is 13.7. The zero-order valence-corrected chi connectivity index (χ0v) is 22.9. The molecular formula is C29H29BrN2O4. The van der Waals surface area contributed by atoms with Crippen molar-refractivity contribution in [2.24, 2.45) is 0 Å². The molecule has 0 fully saturated rings. The molecule has 0 aliphatic carbocycles. The van der Waals surface area contributed by atoms with Crippen LogP contribution < -0.4 is 9.64 Å². The molecule has 0 saturated heterocycles. The van der Waals surface area contributed by atoms with Crippen LogP contribution in [-0.2, 0) is 14.3 Å². The minimum absolute atomic E-state index is 0.219. The van der Waals surface area contributed by atoms with Crippen molar-refractivity contribution < 1.29 is 19.1 Å². The van der Waals surface area contributed by atoms with Crippen LogP contribution in [0.2, 0.25) is 0 Å². The van der Waals surface area contributed by atoms with Gasteiger partial charge in [0.05, 0.1) is 30.6 Å². The van der Waals surface area contributed by atoms with Gasteiger partial charge in [-0.3, -0.25) is 9.69 Å². The second-order valence-corrected chi connectivity index (χ2v) is 9.61. The number of esters is 1. The number of carbonyl (C=O) groups is 2. The zero-order valence-electron chi connectivity index (χ0n) is 21.3. The molecule has 0 unspecified atom stereocenters. The average Bonchev–Trinajstić information content (AvgIpc) is 3.25. The molecular weight excluding hydrogens is 520 g/mol. The molecule has 2 aromatic carbocycles. The number of benzene rings is 2. The number of anilines is 1. The lowest BCUT2D eigenvalue weighted by molar-refractivity contribution is -0.138. The summed E-state index contributed by atoms with van der Waals surface area (Å²) in [4.78, 5) is 28.3. The fourth-order valence-corrected chi connectivity index (χ4v) is 4.88. The fraction of sp³-hybridized carbons (Fsp3) is 0.241. The van der Waals surface area contributed by atoms with Gasteiger partial charge in [-0.05, 0) is 94.3 Å². The van der Waals surface area contributed by atoms with Gasteiger partial charge in [0.25, 0.3) is 5.91 Å². The smallest absolute Gasteiger partial charge is 0.340 e. The molecule has 1 amide bonds. The van der Waals surface area contributed by atoms with Gasteiger partial charge < -0.3 is 14.0 Å². The molecule has 0 N–H and O–H groups in total.